The Morgan fingerprint density at radius 1 is 0.933 bits per heavy atom. The summed E-state index contributed by atoms with van der Waals surface area (Å²) in [6.07, 6.45) is 0.647. The van der Waals surface area contributed by atoms with E-state index in [2.05, 4.69) is 11.5 Å². The molecular formula is C36H36N2O6S. The minimum atomic E-state index is -0.929. The molecule has 45 heavy (non-hydrogen) atoms. The van der Waals surface area contributed by atoms with Crippen molar-refractivity contribution in [3.8, 4) is 27.7 Å². The fraction of sp³-hybridized carbons (Fsp3) is 0.222. The number of benzene rings is 3. The van der Waals surface area contributed by atoms with E-state index in [1.165, 1.54) is 11.3 Å². The number of aromatic nitrogens is 1. The lowest BCUT2D eigenvalue weighted by molar-refractivity contribution is 0.104. The van der Waals surface area contributed by atoms with Crippen LogP contribution in [0.2, 0.25) is 0 Å². The molecule has 0 aliphatic carbocycles. The van der Waals surface area contributed by atoms with Crippen LogP contribution < -0.4 is 19.6 Å². The summed E-state index contributed by atoms with van der Waals surface area (Å²) in [4.78, 5) is 30.4. The van der Waals surface area contributed by atoms with Crippen molar-refractivity contribution < 1.29 is 23.7 Å². The number of rotatable bonds is 12. The van der Waals surface area contributed by atoms with Crippen LogP contribution in [0, 0.1) is 0 Å². The first-order valence-electron chi connectivity index (χ1n) is 14.5. The van der Waals surface area contributed by atoms with Gasteiger partial charge in [-0.15, -0.1) is 11.3 Å². The van der Waals surface area contributed by atoms with Gasteiger partial charge in [-0.1, -0.05) is 55.1 Å². The van der Waals surface area contributed by atoms with Crippen molar-refractivity contribution in [1.29, 1.82) is 0 Å². The van der Waals surface area contributed by atoms with Gasteiger partial charge in [0.1, 0.15) is 16.3 Å². The second kappa shape index (κ2) is 14.3. The normalized spacial score (nSPS) is 11.0. The quantitative estimate of drug-likeness (QED) is 0.133. The van der Waals surface area contributed by atoms with Gasteiger partial charge in [0, 0.05) is 23.5 Å². The summed E-state index contributed by atoms with van der Waals surface area (Å²) < 4.78 is 23.5. The Hall–Kier alpha value is -4.86. The fourth-order valence-electron chi connectivity index (χ4n) is 5.26. The highest BCUT2D eigenvalue weighted by molar-refractivity contribution is 7.22. The lowest BCUT2D eigenvalue weighted by atomic mass is 10.0. The fourth-order valence-corrected chi connectivity index (χ4v) is 6.55. The number of hydrogen-bond donors (Lipinski definition) is 0. The van der Waals surface area contributed by atoms with Crippen LogP contribution in [0.5, 0.6) is 17.2 Å². The van der Waals surface area contributed by atoms with E-state index >= 15 is 0 Å². The van der Waals surface area contributed by atoms with Gasteiger partial charge < -0.3 is 23.5 Å². The molecule has 0 saturated carbocycles. The number of pyridine rings is 1. The Bertz CT molecular complexity index is 1860. The predicted molar refractivity (Wildman–Crippen MR) is 180 cm³/mol. The number of ether oxygens (including phenoxy) is 4. The number of nitrogens with zero attached hydrogens (tertiary/aromatic N) is 2. The van der Waals surface area contributed by atoms with Crippen LogP contribution in [0.3, 0.4) is 0 Å². The average molecular weight is 625 g/mol. The van der Waals surface area contributed by atoms with Gasteiger partial charge in [-0.3, -0.25) is 9.69 Å². The second-order valence-electron chi connectivity index (χ2n) is 10.5. The Morgan fingerprint density at radius 2 is 1.64 bits per heavy atom. The molecule has 0 spiro atoms. The summed E-state index contributed by atoms with van der Waals surface area (Å²) in [5, 5.41) is 0.486. The topological polar surface area (TPSA) is 79.2 Å². The van der Waals surface area contributed by atoms with Crippen LogP contribution in [-0.4, -0.2) is 50.0 Å². The average Bonchev–Trinajstić information content (AvgIpc) is 3.43. The number of thiophene rings is 1. The number of fused-ring (bicyclic) bond motifs is 1. The highest BCUT2D eigenvalue weighted by Gasteiger charge is 2.24. The Kier molecular flexibility index (Phi) is 10.0. The first-order valence-corrected chi connectivity index (χ1v) is 15.4. The van der Waals surface area contributed by atoms with Crippen molar-refractivity contribution in [3.63, 3.8) is 0 Å². The predicted octanol–water partition coefficient (Wildman–Crippen LogP) is 7.48. The molecule has 0 fully saturated rings. The number of likely N-dealkylation sites (N-methyl/N-ethyl adjacent to an activating group) is 1. The molecule has 2 heterocycles. The van der Waals surface area contributed by atoms with Crippen LogP contribution in [0.4, 0.5) is 4.79 Å². The number of hydrogen-bond acceptors (Lipinski definition) is 8. The molecule has 0 amide bonds. The molecular weight excluding hydrogens is 588 g/mol. The van der Waals surface area contributed by atoms with E-state index in [0.717, 1.165) is 43.3 Å². The zero-order valence-electron chi connectivity index (χ0n) is 25.9. The summed E-state index contributed by atoms with van der Waals surface area (Å²) >= 11 is 1.52. The Labute approximate surface area is 266 Å². The van der Waals surface area contributed by atoms with E-state index in [9.17, 15) is 9.59 Å². The Balaban J connectivity index is 1.68. The van der Waals surface area contributed by atoms with Crippen molar-refractivity contribution in [1.82, 2.24) is 9.47 Å². The number of carbonyl (C=O) groups excluding carboxylic acids is 1. The maximum absolute atomic E-state index is 14.2. The molecule has 0 N–H and O–H groups in total. The number of para-hydroxylation sites is 1. The van der Waals surface area contributed by atoms with Crippen molar-refractivity contribution in [2.24, 2.45) is 0 Å². The third-order valence-electron chi connectivity index (χ3n) is 7.39. The van der Waals surface area contributed by atoms with Gasteiger partial charge in [-0.2, -0.15) is 0 Å². The first kappa shape index (κ1) is 31.6. The molecule has 0 bridgehead atoms. The molecule has 232 valence electrons. The molecule has 0 atom stereocenters. The number of carbonyl (C=O) groups is 1. The van der Waals surface area contributed by atoms with E-state index in [-0.39, 0.29) is 17.8 Å². The largest absolute Gasteiger partial charge is 0.514 e. The summed E-state index contributed by atoms with van der Waals surface area (Å²) in [7, 11) is 5.26. The van der Waals surface area contributed by atoms with Crippen LogP contribution in [0.25, 0.3) is 26.2 Å². The van der Waals surface area contributed by atoms with Gasteiger partial charge in [0.15, 0.2) is 5.75 Å². The minimum absolute atomic E-state index is 0.104. The third kappa shape index (κ3) is 7.11. The van der Waals surface area contributed by atoms with Gasteiger partial charge >= 0.3 is 6.16 Å². The standard InChI is InChI=1S/C36H36N2O6S/c1-6-43-36(40)44-31-23-38(21-27-14-10-11-15-30(27)42-5)35-32(33(31)39)29(34(45-35)26-16-18-28(41-4)19-17-26)22-37(3)20-24(2)25-12-8-7-9-13-25/h7-19,23H,2,6,20-22H2,1,3-5H3. The summed E-state index contributed by atoms with van der Waals surface area (Å²) in [6.45, 7) is 7.52. The molecule has 9 heteroatoms. The van der Waals surface area contributed by atoms with Gasteiger partial charge in [0.25, 0.3) is 0 Å². The molecule has 8 nitrogen and oxygen atoms in total. The lowest BCUT2D eigenvalue weighted by Crippen LogP contribution is -2.22. The zero-order chi connectivity index (χ0) is 31.9. The van der Waals surface area contributed by atoms with Crippen LogP contribution >= 0.6 is 11.3 Å². The maximum atomic E-state index is 14.2. The highest BCUT2D eigenvalue weighted by atomic mass is 32.1. The highest BCUT2D eigenvalue weighted by Crippen LogP contribution is 2.40. The van der Waals surface area contributed by atoms with Gasteiger partial charge in [0.05, 0.1) is 39.0 Å². The van der Waals surface area contributed by atoms with E-state index in [0.29, 0.717) is 30.8 Å². The molecule has 3 aromatic carbocycles. The van der Waals surface area contributed by atoms with Crippen LogP contribution in [-0.2, 0) is 17.8 Å². The monoisotopic (exact) mass is 624 g/mol. The first-order chi connectivity index (χ1) is 21.8. The van der Waals surface area contributed by atoms with Gasteiger partial charge in [0.2, 0.25) is 5.43 Å². The van der Waals surface area contributed by atoms with Gasteiger partial charge in [-0.05, 0) is 66.6 Å². The molecule has 0 saturated heterocycles. The van der Waals surface area contributed by atoms with Crippen molar-refractivity contribution in [3.05, 3.63) is 119 Å². The van der Waals surface area contributed by atoms with Crippen molar-refractivity contribution in [2.75, 3.05) is 34.4 Å². The minimum Gasteiger partial charge on any atom is -0.497 e. The summed E-state index contributed by atoms with van der Waals surface area (Å²) in [5.41, 5.74) is 4.32. The molecule has 0 radical (unpaired) electrons. The van der Waals surface area contributed by atoms with E-state index < -0.39 is 6.16 Å². The lowest BCUT2D eigenvalue weighted by Gasteiger charge is -2.19. The van der Waals surface area contributed by atoms with E-state index in [1.54, 1.807) is 27.3 Å². The number of methoxy groups -OCH3 is 2. The molecule has 5 aromatic rings. The summed E-state index contributed by atoms with van der Waals surface area (Å²) in [6, 6.07) is 25.5. The van der Waals surface area contributed by atoms with Crippen LogP contribution in [0.1, 0.15) is 23.6 Å². The van der Waals surface area contributed by atoms with Gasteiger partial charge in [-0.25, -0.2) is 4.79 Å². The molecule has 0 aliphatic rings. The maximum Gasteiger partial charge on any atom is 0.514 e. The zero-order valence-corrected chi connectivity index (χ0v) is 26.7. The van der Waals surface area contributed by atoms with Crippen molar-refractivity contribution in [2.45, 2.75) is 20.0 Å². The van der Waals surface area contributed by atoms with Crippen molar-refractivity contribution >= 4 is 33.3 Å². The third-order valence-corrected chi connectivity index (χ3v) is 8.70. The molecule has 5 rings (SSSR count). The van der Waals surface area contributed by atoms with E-state index in [1.807, 2.05) is 90.5 Å². The summed E-state index contributed by atoms with van der Waals surface area (Å²) in [5.74, 6) is 1.34. The van der Waals surface area contributed by atoms with E-state index in [4.69, 9.17) is 18.9 Å². The molecule has 0 unspecified atom stereocenters. The smallest absolute Gasteiger partial charge is 0.497 e. The molecule has 0 aliphatic heterocycles. The SMILES string of the molecule is C=C(CN(C)Cc1c(-c2ccc(OC)cc2)sc2c1c(=O)c(OC(=O)OCC)cn2Cc1ccccc1OC)c1ccccc1. The Morgan fingerprint density at radius 3 is 2.33 bits per heavy atom. The second-order valence-corrected chi connectivity index (χ2v) is 11.5. The molecule has 2 aromatic heterocycles. The van der Waals surface area contributed by atoms with Crippen LogP contribution in [0.15, 0.2) is 96.4 Å².